The highest BCUT2D eigenvalue weighted by atomic mass is 35.5. The summed E-state index contributed by atoms with van der Waals surface area (Å²) in [5.41, 5.74) is 1.52. The quantitative estimate of drug-likeness (QED) is 0.186. The van der Waals surface area contributed by atoms with E-state index in [1.54, 1.807) is 37.3 Å². The van der Waals surface area contributed by atoms with Crippen molar-refractivity contribution in [1.29, 1.82) is 0 Å². The number of hydrogen-bond acceptors (Lipinski definition) is 6. The second kappa shape index (κ2) is 10.7. The number of para-hydroxylation sites is 1. The molecule has 0 fully saturated rings. The van der Waals surface area contributed by atoms with E-state index in [-0.39, 0.29) is 29.5 Å². The molecular formula is C26H20Cl2N2O6. The van der Waals surface area contributed by atoms with Gasteiger partial charge in [0.05, 0.1) is 21.7 Å². The van der Waals surface area contributed by atoms with Crippen LogP contribution in [0.5, 0.6) is 17.2 Å². The molecule has 0 saturated carbocycles. The maximum Gasteiger partial charge on any atom is 0.291 e. The first kappa shape index (κ1) is 25.1. The van der Waals surface area contributed by atoms with Gasteiger partial charge in [0.15, 0.2) is 5.76 Å². The Hall–Kier alpha value is -4.01. The van der Waals surface area contributed by atoms with Crippen molar-refractivity contribution < 1.29 is 23.6 Å². The van der Waals surface area contributed by atoms with Crippen molar-refractivity contribution in [2.24, 2.45) is 0 Å². The molecule has 0 aliphatic carbocycles. The molecule has 3 aromatic carbocycles. The van der Waals surface area contributed by atoms with Crippen LogP contribution in [0.4, 0.5) is 11.4 Å². The Balaban J connectivity index is 1.49. The molecule has 0 atom stereocenters. The lowest BCUT2D eigenvalue weighted by molar-refractivity contribution is -0.384. The second-order valence-corrected chi connectivity index (χ2v) is 8.72. The molecule has 0 aliphatic rings. The summed E-state index contributed by atoms with van der Waals surface area (Å²) in [7, 11) is 0. The molecule has 36 heavy (non-hydrogen) atoms. The van der Waals surface area contributed by atoms with Crippen LogP contribution in [0.2, 0.25) is 10.0 Å². The summed E-state index contributed by atoms with van der Waals surface area (Å²) in [5, 5.41) is 15.1. The van der Waals surface area contributed by atoms with Crippen molar-refractivity contribution in [3.8, 4) is 17.2 Å². The molecule has 0 aliphatic heterocycles. The second-order valence-electron chi connectivity index (χ2n) is 7.88. The molecule has 0 bridgehead atoms. The smallest absolute Gasteiger partial charge is 0.291 e. The minimum atomic E-state index is -0.593. The number of rotatable bonds is 8. The highest BCUT2D eigenvalue weighted by molar-refractivity contribution is 6.32. The van der Waals surface area contributed by atoms with E-state index < -0.39 is 10.8 Å². The SMILES string of the molecule is Cc1cc(Cl)ccc1Oc1cc(NC(=O)c2ccc(COc3c(C)cccc3Cl)o2)cc([N+](=O)[O-])c1. The van der Waals surface area contributed by atoms with E-state index in [1.807, 2.05) is 19.1 Å². The monoisotopic (exact) mass is 526 g/mol. The first-order valence-electron chi connectivity index (χ1n) is 10.7. The fourth-order valence-electron chi connectivity index (χ4n) is 3.39. The van der Waals surface area contributed by atoms with E-state index >= 15 is 0 Å². The lowest BCUT2D eigenvalue weighted by Crippen LogP contribution is -2.11. The maximum absolute atomic E-state index is 12.8. The van der Waals surface area contributed by atoms with Crippen molar-refractivity contribution in [1.82, 2.24) is 0 Å². The Kier molecular flexibility index (Phi) is 7.47. The van der Waals surface area contributed by atoms with Gasteiger partial charge in [0.2, 0.25) is 0 Å². The zero-order valence-electron chi connectivity index (χ0n) is 19.2. The number of ether oxygens (including phenoxy) is 2. The van der Waals surface area contributed by atoms with Crippen LogP contribution in [0, 0.1) is 24.0 Å². The van der Waals surface area contributed by atoms with Crippen LogP contribution in [0.15, 0.2) is 71.1 Å². The van der Waals surface area contributed by atoms with E-state index in [2.05, 4.69) is 5.32 Å². The standard InChI is InChI=1S/C26H20Cl2N2O6/c1-15-4-3-5-22(28)25(15)34-14-20-7-9-24(35-20)26(31)29-18-11-19(30(32)33)13-21(12-18)36-23-8-6-17(27)10-16(23)2/h3-13H,14H2,1-2H3,(H,29,31). The minimum Gasteiger partial charge on any atom is -0.484 e. The average molecular weight is 527 g/mol. The number of carbonyl (C=O) groups is 1. The van der Waals surface area contributed by atoms with E-state index in [0.717, 1.165) is 11.1 Å². The molecule has 1 aromatic heterocycles. The number of amides is 1. The highest BCUT2D eigenvalue weighted by Crippen LogP contribution is 2.33. The first-order valence-corrected chi connectivity index (χ1v) is 11.5. The molecule has 4 rings (SSSR count). The fraction of sp³-hybridized carbons (Fsp3) is 0.115. The zero-order chi connectivity index (χ0) is 25.8. The van der Waals surface area contributed by atoms with E-state index in [1.165, 1.54) is 24.3 Å². The third-order valence-corrected chi connectivity index (χ3v) is 5.67. The summed E-state index contributed by atoms with van der Waals surface area (Å²) < 4.78 is 17.1. The predicted octanol–water partition coefficient (Wildman–Crippen LogP) is 7.74. The van der Waals surface area contributed by atoms with Crippen LogP contribution in [-0.2, 0) is 6.61 Å². The molecule has 0 unspecified atom stereocenters. The third-order valence-electron chi connectivity index (χ3n) is 5.13. The Labute approximate surface area is 216 Å². The van der Waals surface area contributed by atoms with E-state index in [4.69, 9.17) is 37.1 Å². The number of hydrogen-bond donors (Lipinski definition) is 1. The summed E-state index contributed by atoms with van der Waals surface area (Å²) in [6, 6.07) is 17.5. The summed E-state index contributed by atoms with van der Waals surface area (Å²) in [5.74, 6) is 0.994. The predicted molar refractivity (Wildman–Crippen MR) is 137 cm³/mol. The largest absolute Gasteiger partial charge is 0.484 e. The van der Waals surface area contributed by atoms with Crippen LogP contribution in [0.1, 0.15) is 27.4 Å². The number of benzene rings is 3. The molecular weight excluding hydrogens is 507 g/mol. The van der Waals surface area contributed by atoms with Gasteiger partial charge in [-0.2, -0.15) is 0 Å². The van der Waals surface area contributed by atoms with Gasteiger partial charge in [-0.05, 0) is 61.4 Å². The molecule has 0 saturated heterocycles. The topological polar surface area (TPSA) is 104 Å². The Morgan fingerprint density at radius 1 is 1.03 bits per heavy atom. The van der Waals surface area contributed by atoms with Crippen LogP contribution in [0.3, 0.4) is 0 Å². The van der Waals surface area contributed by atoms with Crippen molar-refractivity contribution in [2.45, 2.75) is 20.5 Å². The average Bonchev–Trinajstić information content (AvgIpc) is 3.30. The Bertz CT molecular complexity index is 1430. The van der Waals surface area contributed by atoms with Crippen molar-refractivity contribution in [2.75, 3.05) is 5.32 Å². The number of halogens is 2. The minimum absolute atomic E-state index is 0.00648. The van der Waals surface area contributed by atoms with Gasteiger partial charge in [-0.25, -0.2) is 0 Å². The lowest BCUT2D eigenvalue weighted by Gasteiger charge is -2.11. The number of nitro groups is 1. The van der Waals surface area contributed by atoms with Gasteiger partial charge >= 0.3 is 0 Å². The summed E-state index contributed by atoms with van der Waals surface area (Å²) in [6.45, 7) is 3.73. The number of aryl methyl sites for hydroxylation is 2. The van der Waals surface area contributed by atoms with Gasteiger partial charge in [-0.1, -0.05) is 35.3 Å². The normalized spacial score (nSPS) is 10.7. The molecule has 1 amide bonds. The van der Waals surface area contributed by atoms with Crippen LogP contribution < -0.4 is 14.8 Å². The highest BCUT2D eigenvalue weighted by Gasteiger charge is 2.17. The lowest BCUT2D eigenvalue weighted by atomic mass is 10.2. The molecule has 8 nitrogen and oxygen atoms in total. The summed E-state index contributed by atoms with van der Waals surface area (Å²) in [6.07, 6.45) is 0. The number of nitrogens with zero attached hydrogens (tertiary/aromatic N) is 1. The van der Waals surface area contributed by atoms with Gasteiger partial charge in [-0.15, -0.1) is 0 Å². The third kappa shape index (κ3) is 5.97. The maximum atomic E-state index is 12.8. The number of carbonyl (C=O) groups excluding carboxylic acids is 1. The number of nitro benzene ring substituents is 1. The number of nitrogens with one attached hydrogen (secondary N) is 1. The molecule has 0 spiro atoms. The molecule has 0 radical (unpaired) electrons. The van der Waals surface area contributed by atoms with Crippen LogP contribution >= 0.6 is 23.2 Å². The van der Waals surface area contributed by atoms with Gasteiger partial charge in [0.1, 0.15) is 29.6 Å². The number of furan rings is 1. The first-order chi connectivity index (χ1) is 17.2. The Morgan fingerprint density at radius 3 is 2.56 bits per heavy atom. The van der Waals surface area contributed by atoms with Gasteiger partial charge in [-0.3, -0.25) is 14.9 Å². The molecule has 1 heterocycles. The Morgan fingerprint density at radius 2 is 1.83 bits per heavy atom. The van der Waals surface area contributed by atoms with Crippen molar-refractivity contribution >= 4 is 40.5 Å². The molecule has 4 aromatic rings. The van der Waals surface area contributed by atoms with Gasteiger partial charge < -0.3 is 19.2 Å². The van der Waals surface area contributed by atoms with Crippen molar-refractivity contribution in [3.05, 3.63) is 110 Å². The fourth-order valence-corrected chi connectivity index (χ4v) is 3.89. The van der Waals surface area contributed by atoms with E-state index in [0.29, 0.717) is 27.3 Å². The molecule has 184 valence electrons. The van der Waals surface area contributed by atoms with Crippen LogP contribution in [-0.4, -0.2) is 10.8 Å². The molecule has 1 N–H and O–H groups in total. The van der Waals surface area contributed by atoms with Gasteiger partial charge in [0, 0.05) is 17.2 Å². The molecule has 10 heteroatoms. The zero-order valence-corrected chi connectivity index (χ0v) is 20.7. The number of non-ortho nitro benzene ring substituents is 1. The number of anilines is 1. The van der Waals surface area contributed by atoms with E-state index in [9.17, 15) is 14.9 Å². The summed E-state index contributed by atoms with van der Waals surface area (Å²) in [4.78, 5) is 23.6. The van der Waals surface area contributed by atoms with Crippen LogP contribution in [0.25, 0.3) is 0 Å². The van der Waals surface area contributed by atoms with Crippen molar-refractivity contribution in [3.63, 3.8) is 0 Å². The van der Waals surface area contributed by atoms with Gasteiger partial charge in [0.25, 0.3) is 11.6 Å². The summed E-state index contributed by atoms with van der Waals surface area (Å²) >= 11 is 12.2.